The number of rotatable bonds is 4. The lowest BCUT2D eigenvalue weighted by molar-refractivity contribution is -0.119. The fraction of sp³-hybridized carbons (Fsp3) is 0.227. The summed E-state index contributed by atoms with van der Waals surface area (Å²) in [6.07, 6.45) is 1.66. The first-order valence-corrected chi connectivity index (χ1v) is 11.6. The molecule has 9 heteroatoms. The topological polar surface area (TPSA) is 41.4 Å². The molecule has 0 spiro atoms. The maximum absolute atomic E-state index is 13.2. The molecular weight excluding hydrogens is 455 g/mol. The van der Waals surface area contributed by atoms with Crippen LogP contribution in [0.2, 0.25) is 5.02 Å². The maximum Gasteiger partial charge on any atom is 0.258 e. The molecule has 3 aromatic rings. The van der Waals surface area contributed by atoms with Crippen LogP contribution in [0.5, 0.6) is 0 Å². The van der Waals surface area contributed by atoms with Gasteiger partial charge in [0, 0.05) is 11.9 Å². The Morgan fingerprint density at radius 1 is 1.19 bits per heavy atom. The van der Waals surface area contributed by atoms with Gasteiger partial charge < -0.3 is 4.90 Å². The van der Waals surface area contributed by atoms with E-state index in [4.69, 9.17) is 23.8 Å². The summed E-state index contributed by atoms with van der Waals surface area (Å²) in [6, 6.07) is 14.1. The van der Waals surface area contributed by atoms with Crippen molar-refractivity contribution in [3.8, 4) is 0 Å². The second kappa shape index (κ2) is 7.93. The van der Waals surface area contributed by atoms with Crippen LogP contribution in [-0.2, 0) is 11.3 Å². The van der Waals surface area contributed by atoms with Gasteiger partial charge in [0.1, 0.15) is 22.3 Å². The normalized spacial score (nSPS) is 20.6. The molecule has 2 atom stereocenters. The van der Waals surface area contributed by atoms with E-state index < -0.39 is 0 Å². The Kier molecular flexibility index (Phi) is 5.24. The number of aromatic nitrogens is 2. The molecule has 5 nitrogen and oxygen atoms in total. The van der Waals surface area contributed by atoms with Gasteiger partial charge in [-0.1, -0.05) is 53.6 Å². The number of halogens is 2. The molecule has 1 aromatic heterocycles. The Hall–Kier alpha value is -2.42. The van der Waals surface area contributed by atoms with Crippen LogP contribution < -0.4 is 4.90 Å². The van der Waals surface area contributed by atoms with Gasteiger partial charge in [0.25, 0.3) is 5.91 Å². The molecule has 0 N–H and O–H groups in total. The summed E-state index contributed by atoms with van der Waals surface area (Å²) >= 11 is 13.9. The lowest BCUT2D eigenvalue weighted by Gasteiger charge is -2.25. The van der Waals surface area contributed by atoms with Gasteiger partial charge in [-0.2, -0.15) is 5.10 Å². The molecular formula is C22H18ClFN4OS2. The highest BCUT2D eigenvalue weighted by Gasteiger charge is 2.51. The average molecular weight is 473 g/mol. The number of thiocarbonyl (C=S) groups is 1. The largest absolute Gasteiger partial charge is 0.319 e. The summed E-state index contributed by atoms with van der Waals surface area (Å²) in [5.74, 6) is 0.585. The number of carbonyl (C=O) groups excluding carboxylic acids is 1. The van der Waals surface area contributed by atoms with Crippen molar-refractivity contribution in [2.45, 2.75) is 24.9 Å². The minimum atomic E-state index is -0.331. The van der Waals surface area contributed by atoms with E-state index in [1.807, 2.05) is 11.8 Å². The highest BCUT2D eigenvalue weighted by Crippen LogP contribution is 2.46. The highest BCUT2D eigenvalue weighted by atomic mass is 35.5. The molecule has 0 bridgehead atoms. The number of hydrogen-bond donors (Lipinski definition) is 0. The molecule has 1 amide bonds. The number of anilines is 1. The fourth-order valence-corrected chi connectivity index (χ4v) is 6.00. The third kappa shape index (κ3) is 3.62. The van der Waals surface area contributed by atoms with Crippen LogP contribution in [0.15, 0.2) is 54.7 Å². The van der Waals surface area contributed by atoms with E-state index in [2.05, 4.69) is 29.4 Å². The number of thioether (sulfide) groups is 1. The number of benzene rings is 2. The molecule has 0 unspecified atom stereocenters. The molecule has 2 aromatic carbocycles. The Bertz CT molecular complexity index is 1170. The molecule has 0 radical (unpaired) electrons. The van der Waals surface area contributed by atoms with Crippen LogP contribution >= 0.6 is 35.6 Å². The van der Waals surface area contributed by atoms with Crippen molar-refractivity contribution in [3.05, 3.63) is 82.3 Å². The number of aryl methyl sites for hydroxylation is 1. The van der Waals surface area contributed by atoms with Crippen LogP contribution in [-0.4, -0.2) is 37.5 Å². The first-order chi connectivity index (χ1) is 14.9. The SMILES string of the molecule is Cc1ccc([C@H]2SC[C@@H]3C(=O)N(c4nn(Cc5ccc(F)cc5)cc4Cl)C(=S)N32)cc1. The first kappa shape index (κ1) is 20.5. The monoisotopic (exact) mass is 472 g/mol. The second-order valence-corrected chi connectivity index (χ2v) is 9.49. The summed E-state index contributed by atoms with van der Waals surface area (Å²) in [5, 5.41) is 5.26. The summed E-state index contributed by atoms with van der Waals surface area (Å²) in [4.78, 5) is 16.7. The van der Waals surface area contributed by atoms with Gasteiger partial charge in [-0.15, -0.1) is 11.8 Å². The Balaban J connectivity index is 1.42. The van der Waals surface area contributed by atoms with Crippen LogP contribution in [0.1, 0.15) is 22.1 Å². The van der Waals surface area contributed by atoms with Crippen LogP contribution in [0.3, 0.4) is 0 Å². The summed E-state index contributed by atoms with van der Waals surface area (Å²) in [7, 11) is 0. The molecule has 3 heterocycles. The molecule has 0 aliphatic carbocycles. The zero-order valence-corrected chi connectivity index (χ0v) is 18.9. The van der Waals surface area contributed by atoms with Crippen LogP contribution in [0.4, 0.5) is 10.2 Å². The number of carbonyl (C=O) groups is 1. The Morgan fingerprint density at radius 3 is 2.61 bits per heavy atom. The third-order valence-corrected chi connectivity index (χ3v) is 7.43. The van der Waals surface area contributed by atoms with E-state index in [1.54, 1.807) is 34.8 Å². The Labute approximate surface area is 193 Å². The first-order valence-electron chi connectivity index (χ1n) is 9.74. The van der Waals surface area contributed by atoms with Crippen molar-refractivity contribution < 1.29 is 9.18 Å². The Morgan fingerprint density at radius 2 is 1.90 bits per heavy atom. The van der Waals surface area contributed by atoms with E-state index in [-0.39, 0.29) is 23.1 Å². The number of amides is 1. The number of hydrogen-bond acceptors (Lipinski definition) is 4. The number of nitrogens with zero attached hydrogens (tertiary/aromatic N) is 4. The van der Waals surface area contributed by atoms with E-state index in [1.165, 1.54) is 22.6 Å². The predicted octanol–water partition coefficient (Wildman–Crippen LogP) is 4.78. The van der Waals surface area contributed by atoms with Gasteiger partial charge in [0.15, 0.2) is 10.9 Å². The van der Waals surface area contributed by atoms with E-state index in [0.29, 0.717) is 28.3 Å². The molecule has 2 fully saturated rings. The molecule has 2 aliphatic rings. The smallest absolute Gasteiger partial charge is 0.258 e. The molecule has 2 aliphatic heterocycles. The van der Waals surface area contributed by atoms with E-state index >= 15 is 0 Å². The maximum atomic E-state index is 13.2. The fourth-order valence-electron chi connectivity index (χ4n) is 3.87. The molecule has 0 saturated carbocycles. The summed E-state index contributed by atoms with van der Waals surface area (Å²) in [6.45, 7) is 2.45. The van der Waals surface area contributed by atoms with Crippen molar-refractivity contribution in [3.63, 3.8) is 0 Å². The number of fused-ring (bicyclic) bond motifs is 1. The van der Waals surface area contributed by atoms with Crippen LogP contribution in [0, 0.1) is 12.7 Å². The van der Waals surface area contributed by atoms with E-state index in [9.17, 15) is 9.18 Å². The minimum absolute atomic E-state index is 0.0212. The average Bonchev–Trinajstić information content (AvgIpc) is 3.40. The zero-order chi connectivity index (χ0) is 21.7. The van der Waals surface area contributed by atoms with Crippen LogP contribution in [0.25, 0.3) is 0 Å². The molecule has 2 saturated heterocycles. The lowest BCUT2D eigenvalue weighted by atomic mass is 10.1. The molecule has 158 valence electrons. The van der Waals surface area contributed by atoms with Gasteiger partial charge in [-0.25, -0.2) is 9.29 Å². The minimum Gasteiger partial charge on any atom is -0.319 e. The van der Waals surface area contributed by atoms with Gasteiger partial charge >= 0.3 is 0 Å². The van der Waals surface area contributed by atoms with Gasteiger partial charge in [0.05, 0.1) is 6.54 Å². The van der Waals surface area contributed by atoms with Crippen molar-refractivity contribution in [2.75, 3.05) is 10.7 Å². The lowest BCUT2D eigenvalue weighted by Crippen LogP contribution is -2.34. The second-order valence-electron chi connectivity index (χ2n) is 7.60. The van der Waals surface area contributed by atoms with Crippen molar-refractivity contribution in [1.29, 1.82) is 0 Å². The zero-order valence-electron chi connectivity index (χ0n) is 16.5. The summed E-state index contributed by atoms with van der Waals surface area (Å²) < 4.78 is 14.8. The van der Waals surface area contributed by atoms with E-state index in [0.717, 1.165) is 11.1 Å². The van der Waals surface area contributed by atoms with Crippen molar-refractivity contribution in [2.24, 2.45) is 0 Å². The summed E-state index contributed by atoms with van der Waals surface area (Å²) in [5.41, 5.74) is 3.17. The molecule has 5 rings (SSSR count). The highest BCUT2D eigenvalue weighted by molar-refractivity contribution is 7.99. The van der Waals surface area contributed by atoms with Gasteiger partial charge in [0.2, 0.25) is 0 Å². The predicted molar refractivity (Wildman–Crippen MR) is 125 cm³/mol. The van der Waals surface area contributed by atoms with Gasteiger partial charge in [-0.05, 0) is 42.4 Å². The third-order valence-electron chi connectivity index (χ3n) is 5.45. The standard InChI is InChI=1S/C22H18ClFN4OS2/c1-13-2-6-15(7-3-13)21-27-18(12-31-21)20(29)28(22(27)30)19-17(23)11-26(25-19)10-14-4-8-16(24)9-5-14/h2-9,11,18,21H,10,12H2,1H3/t18-,21-/m1/s1. The molecule has 31 heavy (non-hydrogen) atoms. The quantitative estimate of drug-likeness (QED) is 0.511. The van der Waals surface area contributed by atoms with Crippen molar-refractivity contribution in [1.82, 2.24) is 14.7 Å². The van der Waals surface area contributed by atoms with Gasteiger partial charge in [-0.3, -0.25) is 9.48 Å². The van der Waals surface area contributed by atoms with Crippen molar-refractivity contribution >= 4 is 52.4 Å².